The minimum atomic E-state index is -0.264. The molecule has 0 aromatic rings. The van der Waals surface area contributed by atoms with Crippen LogP contribution in [0.5, 0.6) is 0 Å². The second-order valence-electron chi connectivity index (χ2n) is 3.42. The second kappa shape index (κ2) is 2.37. The molecule has 2 fully saturated rings. The molecule has 4 heteroatoms. The monoisotopic (exact) mass is 155 g/mol. The summed E-state index contributed by atoms with van der Waals surface area (Å²) >= 11 is 0. The van der Waals surface area contributed by atoms with Crippen LogP contribution in [-0.4, -0.2) is 37.1 Å². The molecule has 0 radical (unpaired) electrons. The molecule has 0 aromatic heterocycles. The lowest BCUT2D eigenvalue weighted by molar-refractivity contribution is 0.215. The first-order chi connectivity index (χ1) is 5.27. The summed E-state index contributed by atoms with van der Waals surface area (Å²) in [5.41, 5.74) is 5.17. The Hall–Kier alpha value is -0.770. The fraction of sp³-hybridized carbons (Fsp3) is 0.857. The first-order valence-electron chi connectivity index (χ1n) is 4.02. The minimum absolute atomic E-state index is 0.264. The maximum Gasteiger partial charge on any atom is 0.314 e. The summed E-state index contributed by atoms with van der Waals surface area (Å²) < 4.78 is 0. The predicted molar refractivity (Wildman–Crippen MR) is 41.0 cm³/mol. The minimum Gasteiger partial charge on any atom is -0.351 e. The van der Waals surface area contributed by atoms with Crippen LogP contribution in [0.2, 0.25) is 0 Å². The van der Waals surface area contributed by atoms with E-state index in [1.54, 1.807) is 4.90 Å². The van der Waals surface area contributed by atoms with Gasteiger partial charge in [0.1, 0.15) is 0 Å². The van der Waals surface area contributed by atoms with E-state index >= 15 is 0 Å². The molecule has 0 aromatic carbocycles. The van der Waals surface area contributed by atoms with E-state index in [1.165, 1.54) is 0 Å². The molecule has 2 rings (SSSR count). The summed E-state index contributed by atoms with van der Waals surface area (Å²) in [7, 11) is 0. The molecule has 0 bridgehead atoms. The van der Waals surface area contributed by atoms with E-state index in [-0.39, 0.29) is 6.03 Å². The lowest BCUT2D eigenvalue weighted by Crippen LogP contribution is -2.35. The van der Waals surface area contributed by atoms with Crippen molar-refractivity contribution in [2.75, 3.05) is 26.2 Å². The molecule has 2 heterocycles. The number of urea groups is 1. The van der Waals surface area contributed by atoms with Crippen molar-refractivity contribution in [1.82, 2.24) is 10.2 Å². The van der Waals surface area contributed by atoms with Gasteiger partial charge in [0, 0.05) is 26.2 Å². The molecule has 2 unspecified atom stereocenters. The van der Waals surface area contributed by atoms with Crippen molar-refractivity contribution in [3.63, 3.8) is 0 Å². The van der Waals surface area contributed by atoms with Gasteiger partial charge in [0.15, 0.2) is 0 Å². The fourth-order valence-electron chi connectivity index (χ4n) is 2.04. The molecule has 2 aliphatic heterocycles. The van der Waals surface area contributed by atoms with Gasteiger partial charge in [-0.1, -0.05) is 0 Å². The topological polar surface area (TPSA) is 58.4 Å². The van der Waals surface area contributed by atoms with Crippen LogP contribution in [0.25, 0.3) is 0 Å². The fourth-order valence-corrected chi connectivity index (χ4v) is 2.04. The van der Waals surface area contributed by atoms with Gasteiger partial charge in [0.25, 0.3) is 0 Å². The van der Waals surface area contributed by atoms with Gasteiger partial charge in [-0.15, -0.1) is 0 Å². The van der Waals surface area contributed by atoms with Crippen LogP contribution in [0.3, 0.4) is 0 Å². The molecule has 0 aliphatic carbocycles. The van der Waals surface area contributed by atoms with Crippen LogP contribution in [0, 0.1) is 11.8 Å². The largest absolute Gasteiger partial charge is 0.351 e. The zero-order valence-electron chi connectivity index (χ0n) is 6.42. The lowest BCUT2D eigenvalue weighted by atomic mass is 10.0. The summed E-state index contributed by atoms with van der Waals surface area (Å²) in [5, 5.41) is 3.30. The van der Waals surface area contributed by atoms with E-state index in [1.807, 2.05) is 0 Å². The zero-order chi connectivity index (χ0) is 7.84. The molecule has 2 aliphatic rings. The highest BCUT2D eigenvalue weighted by molar-refractivity contribution is 5.72. The Morgan fingerprint density at radius 1 is 1.36 bits per heavy atom. The van der Waals surface area contributed by atoms with Gasteiger partial charge in [-0.3, -0.25) is 0 Å². The molecular formula is C7H13N3O. The zero-order valence-corrected chi connectivity index (χ0v) is 6.42. The quantitative estimate of drug-likeness (QED) is 0.482. The third kappa shape index (κ3) is 1.07. The third-order valence-electron chi connectivity index (χ3n) is 2.70. The number of nitrogens with zero attached hydrogens (tertiary/aromatic N) is 1. The van der Waals surface area contributed by atoms with Crippen LogP contribution in [-0.2, 0) is 0 Å². The molecule has 0 spiro atoms. The van der Waals surface area contributed by atoms with Crippen molar-refractivity contribution in [3.8, 4) is 0 Å². The Morgan fingerprint density at radius 2 is 1.91 bits per heavy atom. The number of hydrogen-bond donors (Lipinski definition) is 2. The van der Waals surface area contributed by atoms with E-state index in [0.717, 1.165) is 26.2 Å². The van der Waals surface area contributed by atoms with Gasteiger partial charge >= 0.3 is 6.03 Å². The molecule has 0 saturated carbocycles. The molecule has 62 valence electrons. The van der Waals surface area contributed by atoms with E-state index in [4.69, 9.17) is 5.73 Å². The van der Waals surface area contributed by atoms with Crippen molar-refractivity contribution in [2.24, 2.45) is 17.6 Å². The van der Waals surface area contributed by atoms with Crippen LogP contribution in [0.4, 0.5) is 4.79 Å². The SMILES string of the molecule is NC(=O)N1CC2CNCC2C1. The number of likely N-dealkylation sites (tertiary alicyclic amines) is 1. The highest BCUT2D eigenvalue weighted by Crippen LogP contribution is 2.25. The molecule has 4 nitrogen and oxygen atoms in total. The third-order valence-corrected chi connectivity index (χ3v) is 2.70. The Bertz CT molecular complexity index is 171. The number of nitrogens with two attached hydrogens (primary N) is 1. The highest BCUT2D eigenvalue weighted by atomic mass is 16.2. The van der Waals surface area contributed by atoms with Gasteiger partial charge in [-0.25, -0.2) is 4.79 Å². The molecule has 3 N–H and O–H groups in total. The number of carbonyl (C=O) groups is 1. The van der Waals surface area contributed by atoms with Crippen LogP contribution >= 0.6 is 0 Å². The molecule has 2 atom stereocenters. The highest BCUT2D eigenvalue weighted by Gasteiger charge is 2.37. The second-order valence-corrected chi connectivity index (χ2v) is 3.42. The van der Waals surface area contributed by atoms with Crippen LogP contribution in [0.15, 0.2) is 0 Å². The van der Waals surface area contributed by atoms with Gasteiger partial charge in [0.2, 0.25) is 0 Å². The summed E-state index contributed by atoms with van der Waals surface area (Å²) in [6.07, 6.45) is 0. The van der Waals surface area contributed by atoms with Crippen LogP contribution < -0.4 is 11.1 Å². The van der Waals surface area contributed by atoms with E-state index in [2.05, 4.69) is 5.32 Å². The lowest BCUT2D eigenvalue weighted by Gasteiger charge is -2.13. The van der Waals surface area contributed by atoms with Gasteiger partial charge in [0.05, 0.1) is 0 Å². The van der Waals surface area contributed by atoms with Crippen molar-refractivity contribution in [1.29, 1.82) is 0 Å². The average molecular weight is 155 g/mol. The Balaban J connectivity index is 1.99. The number of amides is 2. The normalized spacial score (nSPS) is 35.8. The summed E-state index contributed by atoms with van der Waals surface area (Å²) in [4.78, 5) is 12.5. The first-order valence-corrected chi connectivity index (χ1v) is 4.02. The van der Waals surface area contributed by atoms with Gasteiger partial charge in [-0.2, -0.15) is 0 Å². The smallest absolute Gasteiger partial charge is 0.314 e. The van der Waals surface area contributed by atoms with Crippen molar-refractivity contribution >= 4 is 6.03 Å². The Labute approximate surface area is 65.7 Å². The summed E-state index contributed by atoms with van der Waals surface area (Å²) in [5.74, 6) is 1.31. The number of nitrogens with one attached hydrogen (secondary N) is 1. The maximum absolute atomic E-state index is 10.8. The van der Waals surface area contributed by atoms with Crippen molar-refractivity contribution in [2.45, 2.75) is 0 Å². The van der Waals surface area contributed by atoms with E-state index in [0.29, 0.717) is 11.8 Å². The number of fused-ring (bicyclic) bond motifs is 1. The Morgan fingerprint density at radius 3 is 2.36 bits per heavy atom. The van der Waals surface area contributed by atoms with E-state index in [9.17, 15) is 4.79 Å². The maximum atomic E-state index is 10.8. The average Bonchev–Trinajstić information content (AvgIpc) is 2.40. The number of carbonyl (C=O) groups excluding carboxylic acids is 1. The number of hydrogen-bond acceptors (Lipinski definition) is 2. The number of primary amides is 1. The number of rotatable bonds is 0. The first kappa shape index (κ1) is 6.91. The molecule has 2 amide bonds. The summed E-state index contributed by atoms with van der Waals surface area (Å²) in [6, 6.07) is -0.264. The van der Waals surface area contributed by atoms with Gasteiger partial charge < -0.3 is 16.0 Å². The summed E-state index contributed by atoms with van der Waals surface area (Å²) in [6.45, 7) is 3.81. The predicted octanol–water partition coefficient (Wildman–Crippen LogP) is -0.784. The molecular weight excluding hydrogens is 142 g/mol. The Kier molecular flexibility index (Phi) is 1.49. The van der Waals surface area contributed by atoms with Crippen LogP contribution in [0.1, 0.15) is 0 Å². The van der Waals surface area contributed by atoms with Crippen molar-refractivity contribution in [3.05, 3.63) is 0 Å². The standard InChI is InChI=1S/C7H13N3O/c8-7(11)10-3-5-1-9-2-6(5)4-10/h5-6,9H,1-4H2,(H2,8,11). The molecule has 2 saturated heterocycles. The molecule has 11 heavy (non-hydrogen) atoms. The van der Waals surface area contributed by atoms with Gasteiger partial charge in [-0.05, 0) is 11.8 Å². The van der Waals surface area contributed by atoms with Crippen molar-refractivity contribution < 1.29 is 4.79 Å². The van der Waals surface area contributed by atoms with E-state index < -0.39 is 0 Å².